The van der Waals surface area contributed by atoms with Crippen molar-refractivity contribution in [2.24, 2.45) is 0 Å². The van der Waals surface area contributed by atoms with Gasteiger partial charge >= 0.3 is 5.97 Å². The molecule has 1 aromatic carbocycles. The Morgan fingerprint density at radius 1 is 1.29 bits per heavy atom. The van der Waals surface area contributed by atoms with Gasteiger partial charge < -0.3 is 10.4 Å². The molecule has 1 fully saturated rings. The largest absolute Gasteiger partial charge is 0.480 e. The molecular formula is C15H16N2O3S. The summed E-state index contributed by atoms with van der Waals surface area (Å²) < 4.78 is 0. The summed E-state index contributed by atoms with van der Waals surface area (Å²) in [6, 6.07) is 8.70. The van der Waals surface area contributed by atoms with E-state index in [1.807, 2.05) is 6.07 Å². The number of benzene rings is 1. The Bertz CT molecular complexity index is 572. The monoisotopic (exact) mass is 304 g/mol. The second-order valence-corrected chi connectivity index (χ2v) is 6.21. The van der Waals surface area contributed by atoms with Gasteiger partial charge in [-0.1, -0.05) is 12.1 Å². The van der Waals surface area contributed by atoms with Gasteiger partial charge in [0.1, 0.15) is 5.54 Å². The molecule has 2 N–H and O–H groups in total. The lowest BCUT2D eigenvalue weighted by molar-refractivity contribution is -0.144. The minimum Gasteiger partial charge on any atom is -0.480 e. The van der Waals surface area contributed by atoms with Crippen molar-refractivity contribution in [1.82, 2.24) is 5.32 Å². The molecular weight excluding hydrogens is 288 g/mol. The van der Waals surface area contributed by atoms with E-state index in [0.29, 0.717) is 18.4 Å². The summed E-state index contributed by atoms with van der Waals surface area (Å²) in [5, 5.41) is 20.7. The van der Waals surface area contributed by atoms with Gasteiger partial charge in [-0.05, 0) is 42.0 Å². The van der Waals surface area contributed by atoms with Gasteiger partial charge in [0, 0.05) is 5.56 Å². The van der Waals surface area contributed by atoms with Gasteiger partial charge in [-0.25, -0.2) is 4.79 Å². The molecule has 0 spiro atoms. The first-order valence-electron chi connectivity index (χ1n) is 6.67. The number of amides is 1. The second-order valence-electron chi connectivity index (χ2n) is 4.99. The molecule has 0 bridgehead atoms. The molecule has 1 aliphatic rings. The van der Waals surface area contributed by atoms with E-state index >= 15 is 0 Å². The number of hydrogen-bond acceptors (Lipinski definition) is 4. The first-order valence-corrected chi connectivity index (χ1v) is 7.82. The van der Waals surface area contributed by atoms with Crippen molar-refractivity contribution in [2.45, 2.75) is 24.8 Å². The van der Waals surface area contributed by atoms with E-state index in [4.69, 9.17) is 5.26 Å². The molecule has 0 saturated carbocycles. The van der Waals surface area contributed by atoms with Crippen LogP contribution in [0.3, 0.4) is 0 Å². The van der Waals surface area contributed by atoms with Crippen molar-refractivity contribution in [3.8, 4) is 6.07 Å². The van der Waals surface area contributed by atoms with Crippen LogP contribution >= 0.6 is 11.8 Å². The Hall–Kier alpha value is -2.00. The summed E-state index contributed by atoms with van der Waals surface area (Å²) in [5.41, 5.74) is 0.0832. The van der Waals surface area contributed by atoms with Crippen LogP contribution in [0, 0.1) is 11.3 Å². The molecule has 0 aliphatic carbocycles. The molecule has 1 amide bonds. The normalized spacial score (nSPS) is 16.7. The molecule has 2 rings (SSSR count). The van der Waals surface area contributed by atoms with Crippen LogP contribution in [-0.2, 0) is 11.2 Å². The third-order valence-electron chi connectivity index (χ3n) is 3.61. The molecule has 1 saturated heterocycles. The lowest BCUT2D eigenvalue weighted by Gasteiger charge is -2.33. The molecule has 0 atom stereocenters. The fourth-order valence-corrected chi connectivity index (χ4v) is 3.46. The first kappa shape index (κ1) is 15.4. The van der Waals surface area contributed by atoms with E-state index in [9.17, 15) is 14.7 Å². The number of nitrogens with one attached hydrogen (secondary N) is 1. The minimum absolute atomic E-state index is 0.290. The summed E-state index contributed by atoms with van der Waals surface area (Å²) >= 11 is 1.70. The van der Waals surface area contributed by atoms with Crippen LogP contribution in [0.4, 0.5) is 0 Å². The maximum atomic E-state index is 12.2. The Labute approximate surface area is 127 Å². The minimum atomic E-state index is -1.16. The zero-order valence-corrected chi connectivity index (χ0v) is 12.3. The van der Waals surface area contributed by atoms with Gasteiger partial charge in [-0.2, -0.15) is 17.0 Å². The highest BCUT2D eigenvalue weighted by Crippen LogP contribution is 2.27. The number of aliphatic carboxylic acids is 1. The van der Waals surface area contributed by atoms with E-state index in [1.54, 1.807) is 36.0 Å². The van der Waals surface area contributed by atoms with Crippen molar-refractivity contribution >= 4 is 23.6 Å². The SMILES string of the molecule is N#CCc1ccc(C(=O)NC2(C(=O)O)CCSCC2)cc1. The zero-order chi connectivity index (χ0) is 15.3. The summed E-state index contributed by atoms with van der Waals surface area (Å²) in [6.45, 7) is 0. The molecule has 0 aromatic heterocycles. The summed E-state index contributed by atoms with van der Waals surface area (Å²) in [4.78, 5) is 23.8. The Balaban J connectivity index is 2.12. The lowest BCUT2D eigenvalue weighted by atomic mass is 9.91. The van der Waals surface area contributed by atoms with Crippen molar-refractivity contribution in [1.29, 1.82) is 5.26 Å². The van der Waals surface area contributed by atoms with Gasteiger partial charge in [0.25, 0.3) is 5.91 Å². The molecule has 21 heavy (non-hydrogen) atoms. The van der Waals surface area contributed by atoms with Crippen molar-refractivity contribution in [3.63, 3.8) is 0 Å². The average molecular weight is 304 g/mol. The van der Waals surface area contributed by atoms with E-state index in [0.717, 1.165) is 17.1 Å². The van der Waals surface area contributed by atoms with Crippen LogP contribution in [-0.4, -0.2) is 34.0 Å². The summed E-state index contributed by atoms with van der Waals surface area (Å²) in [7, 11) is 0. The molecule has 5 nitrogen and oxygen atoms in total. The molecule has 1 heterocycles. The number of carboxylic acids is 1. The number of rotatable bonds is 4. The summed E-state index contributed by atoms with van der Waals surface area (Å²) in [6.07, 6.45) is 1.16. The number of nitrogens with zero attached hydrogens (tertiary/aromatic N) is 1. The third kappa shape index (κ3) is 3.56. The third-order valence-corrected chi connectivity index (χ3v) is 4.59. The fourth-order valence-electron chi connectivity index (χ4n) is 2.27. The quantitative estimate of drug-likeness (QED) is 0.885. The molecule has 110 valence electrons. The average Bonchev–Trinajstić information content (AvgIpc) is 2.49. The van der Waals surface area contributed by atoms with Crippen LogP contribution in [0.25, 0.3) is 0 Å². The Kier molecular flexibility index (Phi) is 4.86. The van der Waals surface area contributed by atoms with Gasteiger partial charge in [0.15, 0.2) is 0 Å². The highest BCUT2D eigenvalue weighted by atomic mass is 32.2. The van der Waals surface area contributed by atoms with Crippen LogP contribution in [0.1, 0.15) is 28.8 Å². The van der Waals surface area contributed by atoms with Crippen LogP contribution in [0.2, 0.25) is 0 Å². The maximum Gasteiger partial charge on any atom is 0.329 e. The Morgan fingerprint density at radius 2 is 1.90 bits per heavy atom. The van der Waals surface area contributed by atoms with Gasteiger partial charge in [-0.15, -0.1) is 0 Å². The standard InChI is InChI=1S/C15H16N2O3S/c16-8-5-11-1-3-12(4-2-11)13(18)17-15(14(19)20)6-9-21-10-7-15/h1-4H,5-7,9-10H2,(H,17,18)(H,19,20). The van der Waals surface area contributed by atoms with Crippen molar-refractivity contribution in [2.75, 3.05) is 11.5 Å². The first-order chi connectivity index (χ1) is 10.1. The number of carbonyl (C=O) groups is 2. The van der Waals surface area contributed by atoms with E-state index in [-0.39, 0.29) is 12.3 Å². The molecule has 1 aromatic rings. The van der Waals surface area contributed by atoms with E-state index in [2.05, 4.69) is 5.32 Å². The second kappa shape index (κ2) is 6.64. The lowest BCUT2D eigenvalue weighted by Crippen LogP contribution is -2.56. The van der Waals surface area contributed by atoms with E-state index < -0.39 is 11.5 Å². The van der Waals surface area contributed by atoms with Gasteiger partial charge in [-0.3, -0.25) is 4.79 Å². The predicted octanol–water partition coefficient (Wildman–Crippen LogP) is 1.83. The smallest absolute Gasteiger partial charge is 0.329 e. The van der Waals surface area contributed by atoms with Crippen LogP contribution < -0.4 is 5.32 Å². The highest BCUT2D eigenvalue weighted by molar-refractivity contribution is 7.99. The predicted molar refractivity (Wildman–Crippen MR) is 80.2 cm³/mol. The topological polar surface area (TPSA) is 90.2 Å². The fraction of sp³-hybridized carbons (Fsp3) is 0.400. The zero-order valence-electron chi connectivity index (χ0n) is 11.5. The number of nitriles is 1. The van der Waals surface area contributed by atoms with Crippen LogP contribution in [0.5, 0.6) is 0 Å². The van der Waals surface area contributed by atoms with Crippen molar-refractivity contribution < 1.29 is 14.7 Å². The van der Waals surface area contributed by atoms with Crippen molar-refractivity contribution in [3.05, 3.63) is 35.4 Å². The number of thioether (sulfide) groups is 1. The van der Waals surface area contributed by atoms with Gasteiger partial charge in [0.2, 0.25) is 0 Å². The highest BCUT2D eigenvalue weighted by Gasteiger charge is 2.41. The van der Waals surface area contributed by atoms with E-state index in [1.165, 1.54) is 0 Å². The number of carboxylic acid groups (broad SMARTS) is 1. The molecule has 0 radical (unpaired) electrons. The molecule has 1 aliphatic heterocycles. The number of carbonyl (C=O) groups excluding carboxylic acids is 1. The van der Waals surface area contributed by atoms with Crippen LogP contribution in [0.15, 0.2) is 24.3 Å². The number of hydrogen-bond donors (Lipinski definition) is 2. The Morgan fingerprint density at radius 3 is 2.43 bits per heavy atom. The maximum absolute atomic E-state index is 12.2. The molecule has 6 heteroatoms. The molecule has 0 unspecified atom stereocenters. The van der Waals surface area contributed by atoms with Gasteiger partial charge in [0.05, 0.1) is 12.5 Å². The summed E-state index contributed by atoms with van der Waals surface area (Å²) in [5.74, 6) is 0.103.